The molecule has 0 spiro atoms. The Bertz CT molecular complexity index is 456. The van der Waals surface area contributed by atoms with Gasteiger partial charge in [0.2, 0.25) is 5.91 Å². The molecule has 1 unspecified atom stereocenters. The van der Waals surface area contributed by atoms with Crippen LogP contribution in [0.4, 0.5) is 5.69 Å². The maximum Gasteiger partial charge on any atom is 0.237 e. The van der Waals surface area contributed by atoms with Crippen LogP contribution < -0.4 is 16.0 Å². The molecule has 1 amide bonds. The summed E-state index contributed by atoms with van der Waals surface area (Å²) in [5.41, 5.74) is 7.37. The van der Waals surface area contributed by atoms with Gasteiger partial charge in [0.05, 0.1) is 5.54 Å². The van der Waals surface area contributed by atoms with Gasteiger partial charge in [0.25, 0.3) is 0 Å². The van der Waals surface area contributed by atoms with E-state index >= 15 is 0 Å². The zero-order valence-electron chi connectivity index (χ0n) is 13.9. The van der Waals surface area contributed by atoms with Gasteiger partial charge in [-0.15, -0.1) is 0 Å². The standard InChI is InChI=1S/C17H29N3O/c1-6-14-7-9-15(10-8-14)20(5)12-11-17(4,16(18)21)19-13(2)3/h7-10,13,19H,6,11-12H2,1-5H3,(H2,18,21). The maximum atomic E-state index is 11.7. The highest BCUT2D eigenvalue weighted by atomic mass is 16.1. The van der Waals surface area contributed by atoms with Crippen molar-refractivity contribution in [1.82, 2.24) is 5.32 Å². The first-order chi connectivity index (χ1) is 9.78. The van der Waals surface area contributed by atoms with Gasteiger partial charge in [-0.25, -0.2) is 0 Å². The van der Waals surface area contributed by atoms with E-state index in [0.29, 0.717) is 6.42 Å². The Labute approximate surface area is 128 Å². The van der Waals surface area contributed by atoms with Crippen LogP contribution in [0.2, 0.25) is 0 Å². The highest BCUT2D eigenvalue weighted by Gasteiger charge is 2.31. The van der Waals surface area contributed by atoms with Crippen LogP contribution in [0.15, 0.2) is 24.3 Å². The summed E-state index contributed by atoms with van der Waals surface area (Å²) >= 11 is 0. The summed E-state index contributed by atoms with van der Waals surface area (Å²) in [5.74, 6) is -0.300. The summed E-state index contributed by atoms with van der Waals surface area (Å²) < 4.78 is 0. The van der Waals surface area contributed by atoms with Gasteiger partial charge in [0.15, 0.2) is 0 Å². The van der Waals surface area contributed by atoms with E-state index in [1.807, 2.05) is 27.8 Å². The Kier molecular flexibility index (Phi) is 6.21. The Morgan fingerprint density at radius 2 is 1.90 bits per heavy atom. The fraction of sp³-hybridized carbons (Fsp3) is 0.588. The number of hydrogen-bond acceptors (Lipinski definition) is 3. The molecule has 0 aliphatic carbocycles. The normalized spacial score (nSPS) is 14.0. The second-order valence-corrected chi connectivity index (χ2v) is 6.19. The minimum Gasteiger partial charge on any atom is -0.375 e. The maximum absolute atomic E-state index is 11.7. The molecule has 1 atom stereocenters. The Balaban J connectivity index is 2.68. The van der Waals surface area contributed by atoms with E-state index < -0.39 is 5.54 Å². The van der Waals surface area contributed by atoms with Crippen molar-refractivity contribution in [3.05, 3.63) is 29.8 Å². The topological polar surface area (TPSA) is 58.4 Å². The average molecular weight is 291 g/mol. The van der Waals surface area contributed by atoms with Crippen LogP contribution >= 0.6 is 0 Å². The van der Waals surface area contributed by atoms with Gasteiger partial charge in [-0.05, 0) is 51.3 Å². The number of rotatable bonds is 8. The van der Waals surface area contributed by atoms with Crippen molar-refractivity contribution in [1.29, 1.82) is 0 Å². The summed E-state index contributed by atoms with van der Waals surface area (Å²) in [6.07, 6.45) is 1.72. The lowest BCUT2D eigenvalue weighted by atomic mass is 9.95. The van der Waals surface area contributed by atoms with Gasteiger partial charge in [0, 0.05) is 25.3 Å². The Morgan fingerprint density at radius 3 is 2.33 bits per heavy atom. The highest BCUT2D eigenvalue weighted by Crippen LogP contribution is 2.17. The lowest BCUT2D eigenvalue weighted by Gasteiger charge is -2.32. The summed E-state index contributed by atoms with van der Waals surface area (Å²) in [5, 5.41) is 3.28. The van der Waals surface area contributed by atoms with Crippen molar-refractivity contribution in [3.63, 3.8) is 0 Å². The molecular weight excluding hydrogens is 262 g/mol. The molecular formula is C17H29N3O. The van der Waals surface area contributed by atoms with E-state index in [9.17, 15) is 4.79 Å². The number of nitrogens with zero attached hydrogens (tertiary/aromatic N) is 1. The van der Waals surface area contributed by atoms with Crippen LogP contribution in [0.25, 0.3) is 0 Å². The van der Waals surface area contributed by atoms with Crippen LogP contribution in [-0.2, 0) is 11.2 Å². The van der Waals surface area contributed by atoms with Crippen molar-refractivity contribution in [2.24, 2.45) is 5.73 Å². The molecule has 0 saturated heterocycles. The van der Waals surface area contributed by atoms with Gasteiger partial charge in [-0.3, -0.25) is 4.79 Å². The molecule has 4 nitrogen and oxygen atoms in total. The molecule has 3 N–H and O–H groups in total. The molecule has 0 heterocycles. The molecule has 21 heavy (non-hydrogen) atoms. The minimum absolute atomic E-state index is 0.219. The molecule has 1 aromatic rings. The number of nitrogens with two attached hydrogens (primary N) is 1. The number of primary amides is 1. The van der Waals surface area contributed by atoms with Crippen LogP contribution in [0.3, 0.4) is 0 Å². The number of benzene rings is 1. The van der Waals surface area contributed by atoms with E-state index in [0.717, 1.165) is 18.7 Å². The van der Waals surface area contributed by atoms with Crippen LogP contribution in [0.5, 0.6) is 0 Å². The molecule has 0 radical (unpaired) electrons. The third kappa shape index (κ3) is 5.05. The van der Waals surface area contributed by atoms with E-state index in [1.54, 1.807) is 0 Å². The second-order valence-electron chi connectivity index (χ2n) is 6.19. The van der Waals surface area contributed by atoms with Gasteiger partial charge in [0.1, 0.15) is 0 Å². The summed E-state index contributed by atoms with van der Waals surface area (Å²) in [4.78, 5) is 13.9. The quantitative estimate of drug-likeness (QED) is 0.773. The van der Waals surface area contributed by atoms with E-state index in [-0.39, 0.29) is 11.9 Å². The first-order valence-corrected chi connectivity index (χ1v) is 7.66. The number of nitrogens with one attached hydrogen (secondary N) is 1. The molecule has 1 aromatic carbocycles. The molecule has 0 aliphatic heterocycles. The zero-order valence-corrected chi connectivity index (χ0v) is 13.9. The van der Waals surface area contributed by atoms with Crippen molar-refractivity contribution in [2.75, 3.05) is 18.5 Å². The largest absolute Gasteiger partial charge is 0.375 e. The molecule has 1 rings (SSSR count). The number of aryl methyl sites for hydroxylation is 1. The zero-order chi connectivity index (χ0) is 16.0. The predicted molar refractivity (Wildman–Crippen MR) is 89.6 cm³/mol. The molecule has 0 saturated carbocycles. The van der Waals surface area contributed by atoms with Crippen molar-refractivity contribution < 1.29 is 4.79 Å². The third-order valence-corrected chi connectivity index (χ3v) is 3.88. The number of carbonyl (C=O) groups is 1. The lowest BCUT2D eigenvalue weighted by Crippen LogP contribution is -2.56. The van der Waals surface area contributed by atoms with Gasteiger partial charge in [-0.2, -0.15) is 0 Å². The van der Waals surface area contributed by atoms with Crippen LogP contribution in [0.1, 0.15) is 39.7 Å². The van der Waals surface area contributed by atoms with E-state index in [4.69, 9.17) is 5.73 Å². The first kappa shape index (κ1) is 17.5. The van der Waals surface area contributed by atoms with E-state index in [1.165, 1.54) is 5.56 Å². The van der Waals surface area contributed by atoms with Gasteiger partial charge < -0.3 is 16.0 Å². The van der Waals surface area contributed by atoms with Crippen LogP contribution in [0, 0.1) is 0 Å². The fourth-order valence-corrected chi connectivity index (χ4v) is 2.41. The molecule has 0 aromatic heterocycles. The number of carbonyl (C=O) groups excluding carboxylic acids is 1. The predicted octanol–water partition coefficient (Wildman–Crippen LogP) is 2.32. The SMILES string of the molecule is CCc1ccc(N(C)CCC(C)(NC(C)C)C(N)=O)cc1. The van der Waals surface area contributed by atoms with Gasteiger partial charge in [-0.1, -0.05) is 19.1 Å². The number of amides is 1. The van der Waals surface area contributed by atoms with Crippen molar-refractivity contribution in [3.8, 4) is 0 Å². The lowest BCUT2D eigenvalue weighted by molar-refractivity contribution is -0.124. The van der Waals surface area contributed by atoms with Gasteiger partial charge >= 0.3 is 0 Å². The highest BCUT2D eigenvalue weighted by molar-refractivity contribution is 5.84. The minimum atomic E-state index is -0.675. The van der Waals surface area contributed by atoms with Crippen LogP contribution in [-0.4, -0.2) is 31.1 Å². The Hall–Kier alpha value is -1.55. The van der Waals surface area contributed by atoms with E-state index in [2.05, 4.69) is 41.4 Å². The molecule has 0 bridgehead atoms. The number of anilines is 1. The Morgan fingerprint density at radius 1 is 1.33 bits per heavy atom. The average Bonchev–Trinajstić information content (AvgIpc) is 2.44. The second kappa shape index (κ2) is 7.46. The van der Waals surface area contributed by atoms with Crippen molar-refractivity contribution in [2.45, 2.75) is 52.1 Å². The first-order valence-electron chi connectivity index (χ1n) is 7.66. The molecule has 4 heteroatoms. The fourth-order valence-electron chi connectivity index (χ4n) is 2.41. The molecule has 0 aliphatic rings. The molecule has 118 valence electrons. The summed E-state index contributed by atoms with van der Waals surface area (Å²) in [6.45, 7) is 8.84. The monoisotopic (exact) mass is 291 g/mol. The summed E-state index contributed by atoms with van der Waals surface area (Å²) in [7, 11) is 2.04. The molecule has 0 fully saturated rings. The smallest absolute Gasteiger partial charge is 0.237 e. The summed E-state index contributed by atoms with van der Waals surface area (Å²) in [6, 6.07) is 8.75. The van der Waals surface area contributed by atoms with Crippen molar-refractivity contribution >= 4 is 11.6 Å². The third-order valence-electron chi connectivity index (χ3n) is 3.88. The number of hydrogen-bond donors (Lipinski definition) is 2.